The van der Waals surface area contributed by atoms with Crippen LogP contribution >= 0.6 is 0 Å². The van der Waals surface area contributed by atoms with Crippen LogP contribution in [-0.4, -0.2) is 133 Å². The first-order valence-electron chi connectivity index (χ1n) is 26.2. The van der Waals surface area contributed by atoms with Crippen molar-refractivity contribution in [3.05, 3.63) is 92.0 Å². The summed E-state index contributed by atoms with van der Waals surface area (Å²) in [5, 5.41) is 3.77. The quantitative estimate of drug-likeness (QED) is 0.0189. The number of nitrogens with one attached hydrogen (secondary N) is 1. The van der Waals surface area contributed by atoms with Gasteiger partial charge in [-0.05, 0) is 105 Å². The molecule has 1 amide bonds. The summed E-state index contributed by atoms with van der Waals surface area (Å²) in [5.74, 6) is 0.0718. The van der Waals surface area contributed by atoms with Crippen LogP contribution in [0.15, 0.2) is 41.9 Å². The fraction of sp³-hybridized carbons (Fsp3) is 0.561. The van der Waals surface area contributed by atoms with Crippen LogP contribution in [0.5, 0.6) is 17.2 Å². The third kappa shape index (κ3) is 15.2. The summed E-state index contributed by atoms with van der Waals surface area (Å²) in [4.78, 5) is 58.9. The molecule has 0 aliphatic carbocycles. The number of benzene rings is 2. The zero-order valence-corrected chi connectivity index (χ0v) is 45.2. The molecule has 1 N–H and O–H groups in total. The van der Waals surface area contributed by atoms with E-state index in [1.807, 2.05) is 26.8 Å². The van der Waals surface area contributed by atoms with Crippen molar-refractivity contribution in [3.8, 4) is 28.6 Å². The number of carbonyl (C=O) groups excluding carboxylic acids is 3. The van der Waals surface area contributed by atoms with Crippen LogP contribution in [-0.2, 0) is 78.3 Å². The first kappa shape index (κ1) is 58.5. The standard InChI is InChI=1S/C57H77N3O15/c1-10-37(4)44-34-49-52-46(35-60(49)55(63)47(44)36-66-12-3)42(11-2)45-33-41(13-14-48(45)59-52)73-50(61)15-16-51(62)74-53-38(5)39(6)54-43(40(53)7)17-18-57(8,75-54)56(64)58-19-20-67-23-24-69-27-28-71-31-32-72-30-29-70-26-25-68-22-21-65-9/h12-14,33-34,37H,3,10-11,15-32,35-36H2,1-2,4-9H3,(H,58,64). The van der Waals surface area contributed by atoms with Crippen molar-refractivity contribution in [3.63, 3.8) is 0 Å². The minimum atomic E-state index is -1.12. The number of nitrogens with zero attached hydrogens (tertiary/aromatic N) is 2. The Bertz CT molecular complexity index is 2670. The van der Waals surface area contributed by atoms with E-state index in [0.717, 1.165) is 62.1 Å². The molecule has 75 heavy (non-hydrogen) atoms. The molecule has 2 unspecified atom stereocenters. The molecule has 0 radical (unpaired) electrons. The smallest absolute Gasteiger partial charge is 0.311 e. The lowest BCUT2D eigenvalue weighted by Crippen LogP contribution is -2.51. The number of fused-ring (bicyclic) bond motifs is 5. The Balaban J connectivity index is 0.917. The molecule has 0 saturated heterocycles. The number of ether oxygens (including phenoxy) is 11. The zero-order valence-electron chi connectivity index (χ0n) is 45.2. The van der Waals surface area contributed by atoms with Gasteiger partial charge in [0.2, 0.25) is 0 Å². The van der Waals surface area contributed by atoms with Gasteiger partial charge in [-0.15, -0.1) is 0 Å². The van der Waals surface area contributed by atoms with Gasteiger partial charge in [-0.1, -0.05) is 27.4 Å². The molecule has 18 nitrogen and oxygen atoms in total. The SMILES string of the molecule is C=COCc1c(C(C)CC)cc2n(c1=O)Cc1c-2nc2ccc(OC(=O)CCC(=O)Oc3c(C)c(C)c4c(c3C)CCC(C)(C(=O)NCCOCCOCCOCCOCCOCCOCCOC)O4)cc2c1CC. The average Bonchev–Trinajstić information content (AvgIpc) is 3.80. The van der Waals surface area contributed by atoms with Crippen LogP contribution < -0.4 is 25.1 Å². The molecule has 2 aliphatic rings. The van der Waals surface area contributed by atoms with Crippen molar-refractivity contribution in [2.24, 2.45) is 0 Å². The van der Waals surface area contributed by atoms with E-state index >= 15 is 0 Å². The highest BCUT2D eigenvalue weighted by Crippen LogP contribution is 2.44. The van der Waals surface area contributed by atoms with Gasteiger partial charge in [0, 0.05) is 36.6 Å². The minimum Gasteiger partial charge on any atom is -0.497 e. The second-order valence-corrected chi connectivity index (χ2v) is 18.8. The van der Waals surface area contributed by atoms with Crippen LogP contribution in [0.2, 0.25) is 0 Å². The number of aromatic nitrogens is 2. The summed E-state index contributed by atoms with van der Waals surface area (Å²) in [6, 6.07) is 7.38. The molecule has 0 saturated carbocycles. The van der Waals surface area contributed by atoms with Crippen molar-refractivity contribution >= 4 is 28.7 Å². The average molecular weight is 1040 g/mol. The Labute approximate surface area is 440 Å². The summed E-state index contributed by atoms with van der Waals surface area (Å²) in [6.07, 6.45) is 3.40. The van der Waals surface area contributed by atoms with E-state index in [1.165, 1.54) is 6.26 Å². The van der Waals surface area contributed by atoms with Gasteiger partial charge in [0.05, 0.1) is 134 Å². The van der Waals surface area contributed by atoms with E-state index in [-0.39, 0.29) is 36.8 Å². The van der Waals surface area contributed by atoms with Crippen molar-refractivity contribution in [1.29, 1.82) is 0 Å². The molecule has 2 aromatic carbocycles. The summed E-state index contributed by atoms with van der Waals surface area (Å²) in [5.41, 5.74) is 7.67. The molecule has 0 spiro atoms. The third-order valence-corrected chi connectivity index (χ3v) is 13.8. The van der Waals surface area contributed by atoms with Crippen LogP contribution in [0.25, 0.3) is 22.3 Å². The normalized spacial score (nSPS) is 14.9. The molecule has 2 aliphatic heterocycles. The maximum Gasteiger partial charge on any atom is 0.311 e. The number of esters is 2. The number of aryl methyl sites for hydroxylation is 1. The van der Waals surface area contributed by atoms with Crippen LogP contribution in [0, 0.1) is 20.8 Å². The highest BCUT2D eigenvalue weighted by atomic mass is 16.6. The Morgan fingerprint density at radius 1 is 0.800 bits per heavy atom. The molecule has 4 aromatic rings. The number of rotatable bonds is 33. The second kappa shape index (κ2) is 29.0. The lowest BCUT2D eigenvalue weighted by molar-refractivity contribution is -0.140. The lowest BCUT2D eigenvalue weighted by Gasteiger charge is -2.37. The summed E-state index contributed by atoms with van der Waals surface area (Å²) >= 11 is 0. The van der Waals surface area contributed by atoms with Crippen LogP contribution in [0.4, 0.5) is 0 Å². The van der Waals surface area contributed by atoms with Crippen molar-refractivity contribution < 1.29 is 66.5 Å². The van der Waals surface area contributed by atoms with Gasteiger partial charge in [0.1, 0.15) is 23.9 Å². The second-order valence-electron chi connectivity index (χ2n) is 18.8. The Morgan fingerprint density at radius 3 is 1.99 bits per heavy atom. The number of carbonyl (C=O) groups is 3. The first-order valence-corrected chi connectivity index (χ1v) is 26.2. The van der Waals surface area contributed by atoms with Gasteiger partial charge in [-0.25, -0.2) is 4.98 Å². The molecule has 18 heteroatoms. The highest BCUT2D eigenvalue weighted by Gasteiger charge is 2.41. The highest BCUT2D eigenvalue weighted by molar-refractivity contribution is 5.90. The molecule has 4 heterocycles. The van der Waals surface area contributed by atoms with Crippen LogP contribution in [0.3, 0.4) is 0 Å². The maximum atomic E-state index is 13.9. The summed E-state index contributed by atoms with van der Waals surface area (Å²) < 4.78 is 63.3. The minimum absolute atomic E-state index is 0.0987. The third-order valence-electron chi connectivity index (χ3n) is 13.8. The molecule has 0 fully saturated rings. The summed E-state index contributed by atoms with van der Waals surface area (Å²) in [6.45, 7) is 24.1. The molecule has 2 aromatic heterocycles. The molecular weight excluding hydrogens is 967 g/mol. The number of methoxy groups -OCH3 is 1. The van der Waals surface area contributed by atoms with Gasteiger partial charge in [0.15, 0.2) is 5.60 Å². The molecular formula is C57H77N3O15. The molecule has 2 atom stereocenters. The zero-order chi connectivity index (χ0) is 53.9. The van der Waals surface area contributed by atoms with E-state index in [1.54, 1.807) is 30.7 Å². The molecule has 6 rings (SSSR count). The Kier molecular flexibility index (Phi) is 22.6. The predicted octanol–water partition coefficient (Wildman–Crippen LogP) is 7.32. The van der Waals surface area contributed by atoms with E-state index in [4.69, 9.17) is 57.1 Å². The van der Waals surface area contributed by atoms with Crippen LogP contribution in [0.1, 0.15) is 104 Å². The van der Waals surface area contributed by atoms with E-state index in [9.17, 15) is 19.2 Å². The van der Waals surface area contributed by atoms with Gasteiger partial charge in [-0.2, -0.15) is 0 Å². The topological polar surface area (TPSA) is 200 Å². The van der Waals surface area contributed by atoms with E-state index < -0.39 is 17.5 Å². The predicted molar refractivity (Wildman–Crippen MR) is 282 cm³/mol. The number of amides is 1. The van der Waals surface area contributed by atoms with E-state index in [2.05, 4.69) is 38.7 Å². The maximum absolute atomic E-state index is 13.9. The first-order chi connectivity index (χ1) is 36.3. The fourth-order valence-electron chi connectivity index (χ4n) is 9.23. The Hall–Kier alpha value is -5.73. The lowest BCUT2D eigenvalue weighted by atomic mass is 9.86. The number of pyridine rings is 2. The molecule has 0 bridgehead atoms. The van der Waals surface area contributed by atoms with Gasteiger partial charge >= 0.3 is 11.9 Å². The van der Waals surface area contributed by atoms with E-state index in [0.29, 0.717) is 147 Å². The molecule has 410 valence electrons. The number of hydrogen-bond donors (Lipinski definition) is 1. The van der Waals surface area contributed by atoms with Crippen molar-refractivity contribution in [1.82, 2.24) is 14.9 Å². The van der Waals surface area contributed by atoms with Gasteiger partial charge in [0.25, 0.3) is 11.5 Å². The van der Waals surface area contributed by atoms with Crippen molar-refractivity contribution in [2.45, 2.75) is 112 Å². The summed E-state index contributed by atoms with van der Waals surface area (Å²) in [7, 11) is 1.63. The monoisotopic (exact) mass is 1040 g/mol. The van der Waals surface area contributed by atoms with Crippen molar-refractivity contribution in [2.75, 3.05) is 99.5 Å². The number of hydrogen-bond acceptors (Lipinski definition) is 16. The van der Waals surface area contributed by atoms with Gasteiger partial charge < -0.3 is 62.0 Å². The van der Waals surface area contributed by atoms with Gasteiger partial charge in [-0.3, -0.25) is 19.2 Å². The Morgan fingerprint density at radius 2 is 1.40 bits per heavy atom. The fourth-order valence-corrected chi connectivity index (χ4v) is 9.23. The largest absolute Gasteiger partial charge is 0.497 e.